The Morgan fingerprint density at radius 1 is 1.04 bits per heavy atom. The van der Waals surface area contributed by atoms with Crippen molar-refractivity contribution in [3.63, 3.8) is 0 Å². The van der Waals surface area contributed by atoms with Gasteiger partial charge in [-0.1, -0.05) is 11.6 Å². The zero-order chi connectivity index (χ0) is 19.7. The van der Waals surface area contributed by atoms with Crippen LogP contribution in [0.2, 0.25) is 0 Å². The standard InChI is InChI=1S/C24H26N4/c1-16-12-17(2)24-22(13-16)23(14-18(3)26-24)27-20-4-6-21(7-5-20)28-10-8-19(15-25)9-11-28/h4-7,12-14,19H,8-11H2,1-3H3,(H,26,27). The normalized spacial score (nSPS) is 14.9. The van der Waals surface area contributed by atoms with E-state index in [4.69, 9.17) is 10.2 Å². The van der Waals surface area contributed by atoms with E-state index >= 15 is 0 Å². The number of hydrogen-bond donors (Lipinski definition) is 1. The van der Waals surface area contributed by atoms with E-state index in [0.717, 1.165) is 53.9 Å². The number of nitrogens with zero attached hydrogens (tertiary/aromatic N) is 3. The van der Waals surface area contributed by atoms with Crippen molar-refractivity contribution in [2.45, 2.75) is 33.6 Å². The third kappa shape index (κ3) is 3.66. The number of nitriles is 1. The second-order valence-electron chi connectivity index (χ2n) is 7.85. The summed E-state index contributed by atoms with van der Waals surface area (Å²) in [5.74, 6) is 0.215. The molecule has 1 saturated heterocycles. The highest BCUT2D eigenvalue weighted by Gasteiger charge is 2.18. The molecule has 0 spiro atoms. The number of fused-ring (bicyclic) bond motifs is 1. The van der Waals surface area contributed by atoms with Gasteiger partial charge in [0.25, 0.3) is 0 Å². The van der Waals surface area contributed by atoms with Crippen LogP contribution in [0.3, 0.4) is 0 Å². The van der Waals surface area contributed by atoms with Crippen molar-refractivity contribution in [2.75, 3.05) is 23.3 Å². The lowest BCUT2D eigenvalue weighted by atomic mass is 9.98. The number of anilines is 3. The summed E-state index contributed by atoms with van der Waals surface area (Å²) in [6, 6.07) is 17.5. The Morgan fingerprint density at radius 3 is 2.43 bits per heavy atom. The molecule has 4 heteroatoms. The zero-order valence-electron chi connectivity index (χ0n) is 16.8. The van der Waals surface area contributed by atoms with Crippen LogP contribution in [0.15, 0.2) is 42.5 Å². The fourth-order valence-corrected chi connectivity index (χ4v) is 4.09. The molecule has 1 aromatic heterocycles. The van der Waals surface area contributed by atoms with Crippen LogP contribution in [-0.4, -0.2) is 18.1 Å². The Kier molecular flexibility index (Phi) is 4.92. The van der Waals surface area contributed by atoms with Gasteiger partial charge in [-0.25, -0.2) is 0 Å². The smallest absolute Gasteiger partial charge is 0.0755 e. The molecule has 4 rings (SSSR count). The van der Waals surface area contributed by atoms with E-state index in [-0.39, 0.29) is 5.92 Å². The van der Waals surface area contributed by atoms with Gasteiger partial charge in [0.2, 0.25) is 0 Å². The summed E-state index contributed by atoms with van der Waals surface area (Å²) in [7, 11) is 0. The second-order valence-corrected chi connectivity index (χ2v) is 7.85. The molecule has 0 bridgehead atoms. The zero-order valence-corrected chi connectivity index (χ0v) is 16.8. The fraction of sp³-hybridized carbons (Fsp3) is 0.333. The number of hydrogen-bond acceptors (Lipinski definition) is 4. The second kappa shape index (κ2) is 7.52. The lowest BCUT2D eigenvalue weighted by molar-refractivity contribution is 0.488. The summed E-state index contributed by atoms with van der Waals surface area (Å²) < 4.78 is 0. The lowest BCUT2D eigenvalue weighted by Crippen LogP contribution is -2.33. The highest BCUT2D eigenvalue weighted by atomic mass is 15.1. The van der Waals surface area contributed by atoms with Crippen LogP contribution in [0, 0.1) is 38.0 Å². The number of aromatic nitrogens is 1. The minimum absolute atomic E-state index is 0.215. The predicted octanol–water partition coefficient (Wildman–Crippen LogP) is 5.64. The molecule has 0 amide bonds. The number of aryl methyl sites for hydroxylation is 3. The third-order valence-corrected chi connectivity index (χ3v) is 5.57. The van der Waals surface area contributed by atoms with Crippen LogP contribution in [0.25, 0.3) is 10.9 Å². The first-order chi connectivity index (χ1) is 13.5. The van der Waals surface area contributed by atoms with Crippen molar-refractivity contribution in [1.82, 2.24) is 4.98 Å². The summed E-state index contributed by atoms with van der Waals surface area (Å²) in [5, 5.41) is 13.8. The van der Waals surface area contributed by atoms with Crippen LogP contribution in [0.1, 0.15) is 29.7 Å². The van der Waals surface area contributed by atoms with Crippen LogP contribution in [0.5, 0.6) is 0 Å². The molecule has 2 aromatic carbocycles. The average molecular weight is 371 g/mol. The van der Waals surface area contributed by atoms with E-state index in [9.17, 15) is 0 Å². The van der Waals surface area contributed by atoms with Crippen molar-refractivity contribution in [3.05, 3.63) is 59.3 Å². The highest BCUT2D eigenvalue weighted by molar-refractivity contribution is 5.95. The maximum atomic E-state index is 9.07. The molecule has 0 aliphatic carbocycles. The van der Waals surface area contributed by atoms with Crippen molar-refractivity contribution in [3.8, 4) is 6.07 Å². The SMILES string of the molecule is Cc1cc(C)c2nc(C)cc(Nc3ccc(N4CCC(C#N)CC4)cc3)c2c1. The molecule has 1 aliphatic heterocycles. The molecule has 0 saturated carbocycles. The van der Waals surface area contributed by atoms with Gasteiger partial charge < -0.3 is 10.2 Å². The number of piperidine rings is 1. The molecule has 3 aromatic rings. The van der Waals surface area contributed by atoms with E-state index in [0.29, 0.717) is 0 Å². The predicted molar refractivity (Wildman–Crippen MR) is 116 cm³/mol. The van der Waals surface area contributed by atoms with E-state index in [2.05, 4.69) is 72.6 Å². The van der Waals surface area contributed by atoms with Crippen LogP contribution >= 0.6 is 0 Å². The van der Waals surface area contributed by atoms with Gasteiger partial charge in [0.05, 0.1) is 11.6 Å². The molecule has 0 unspecified atom stereocenters. The molecule has 0 atom stereocenters. The summed E-state index contributed by atoms with van der Waals surface area (Å²) in [6.45, 7) is 8.20. The van der Waals surface area contributed by atoms with Gasteiger partial charge in [0.15, 0.2) is 0 Å². The van der Waals surface area contributed by atoms with Crippen LogP contribution in [0.4, 0.5) is 17.1 Å². The number of rotatable bonds is 3. The first kappa shape index (κ1) is 18.3. The van der Waals surface area contributed by atoms with E-state index in [1.807, 2.05) is 6.92 Å². The topological polar surface area (TPSA) is 52.0 Å². The molecule has 4 nitrogen and oxygen atoms in total. The third-order valence-electron chi connectivity index (χ3n) is 5.57. The van der Waals surface area contributed by atoms with E-state index in [1.54, 1.807) is 0 Å². The summed E-state index contributed by atoms with van der Waals surface area (Å²) in [6.07, 6.45) is 1.91. The molecule has 28 heavy (non-hydrogen) atoms. The first-order valence-electron chi connectivity index (χ1n) is 9.94. The molecule has 1 aliphatic rings. The number of benzene rings is 2. The first-order valence-corrected chi connectivity index (χ1v) is 9.94. The minimum atomic E-state index is 0.215. The number of pyridine rings is 1. The molecule has 0 radical (unpaired) electrons. The van der Waals surface area contributed by atoms with Crippen LogP contribution < -0.4 is 10.2 Å². The Hall–Kier alpha value is -3.06. The van der Waals surface area contributed by atoms with Crippen molar-refractivity contribution in [1.29, 1.82) is 5.26 Å². The lowest BCUT2D eigenvalue weighted by Gasteiger charge is -2.31. The Bertz CT molecular complexity index is 1040. The molecular weight excluding hydrogens is 344 g/mol. The van der Waals surface area contributed by atoms with E-state index < -0.39 is 0 Å². The van der Waals surface area contributed by atoms with E-state index in [1.165, 1.54) is 16.8 Å². The highest BCUT2D eigenvalue weighted by Crippen LogP contribution is 2.30. The molecule has 2 heterocycles. The molecule has 142 valence electrons. The summed E-state index contributed by atoms with van der Waals surface area (Å²) in [5.41, 5.74) is 7.92. The van der Waals surface area contributed by atoms with Gasteiger partial charge in [-0.15, -0.1) is 0 Å². The quantitative estimate of drug-likeness (QED) is 0.648. The van der Waals surface area contributed by atoms with Gasteiger partial charge in [-0.05, 0) is 75.6 Å². The van der Waals surface area contributed by atoms with Crippen molar-refractivity contribution in [2.24, 2.45) is 5.92 Å². The maximum Gasteiger partial charge on any atom is 0.0755 e. The van der Waals surface area contributed by atoms with Gasteiger partial charge >= 0.3 is 0 Å². The summed E-state index contributed by atoms with van der Waals surface area (Å²) >= 11 is 0. The van der Waals surface area contributed by atoms with Crippen LogP contribution in [-0.2, 0) is 0 Å². The minimum Gasteiger partial charge on any atom is -0.371 e. The Labute approximate surface area is 166 Å². The Balaban J connectivity index is 1.58. The molecular formula is C24H26N4. The maximum absolute atomic E-state index is 9.07. The van der Waals surface area contributed by atoms with Gasteiger partial charge in [-0.3, -0.25) is 4.98 Å². The van der Waals surface area contributed by atoms with Crippen molar-refractivity contribution >= 4 is 28.0 Å². The van der Waals surface area contributed by atoms with Gasteiger partial charge in [0.1, 0.15) is 0 Å². The monoisotopic (exact) mass is 370 g/mol. The molecule has 1 fully saturated rings. The fourth-order valence-electron chi connectivity index (χ4n) is 4.09. The Morgan fingerprint density at radius 2 is 1.75 bits per heavy atom. The average Bonchev–Trinajstić information content (AvgIpc) is 2.69. The largest absolute Gasteiger partial charge is 0.371 e. The van der Waals surface area contributed by atoms with Crippen molar-refractivity contribution < 1.29 is 0 Å². The number of nitrogens with one attached hydrogen (secondary N) is 1. The summed E-state index contributed by atoms with van der Waals surface area (Å²) in [4.78, 5) is 7.11. The van der Waals surface area contributed by atoms with Gasteiger partial charge in [0, 0.05) is 47.1 Å². The molecule has 1 N–H and O–H groups in total. The van der Waals surface area contributed by atoms with Gasteiger partial charge in [-0.2, -0.15) is 5.26 Å².